The zero-order valence-electron chi connectivity index (χ0n) is 9.97. The highest BCUT2D eigenvalue weighted by Gasteiger charge is 2.10. The molecule has 0 spiro atoms. The van der Waals surface area contributed by atoms with E-state index in [1.54, 1.807) is 19.1 Å². The Morgan fingerprint density at radius 2 is 2.06 bits per heavy atom. The van der Waals surface area contributed by atoms with Crippen LogP contribution in [-0.2, 0) is 16.0 Å². The molecule has 0 saturated carbocycles. The molecule has 0 aliphatic rings. The van der Waals surface area contributed by atoms with Gasteiger partial charge in [-0.15, -0.1) is 0 Å². The van der Waals surface area contributed by atoms with E-state index in [0.717, 1.165) is 5.56 Å². The Morgan fingerprint density at radius 3 is 2.59 bits per heavy atom. The summed E-state index contributed by atoms with van der Waals surface area (Å²) in [4.78, 5) is 11.0. The van der Waals surface area contributed by atoms with Gasteiger partial charge in [-0.05, 0) is 24.6 Å². The lowest BCUT2D eigenvalue weighted by Gasteiger charge is -2.13. The molecule has 1 aromatic rings. The predicted molar refractivity (Wildman–Crippen MR) is 62.5 cm³/mol. The van der Waals surface area contributed by atoms with Gasteiger partial charge in [-0.25, -0.2) is 0 Å². The monoisotopic (exact) mass is 233 g/mol. The van der Waals surface area contributed by atoms with Crippen molar-refractivity contribution in [3.8, 4) is 11.8 Å². The Hall–Kier alpha value is -2.02. The topological polar surface area (TPSA) is 59.3 Å². The highest BCUT2D eigenvalue weighted by atomic mass is 16.5. The summed E-state index contributed by atoms with van der Waals surface area (Å²) in [5.74, 6) is 0.390. The lowest BCUT2D eigenvalue weighted by atomic mass is 10.1. The van der Waals surface area contributed by atoms with Crippen molar-refractivity contribution in [2.75, 3.05) is 7.11 Å². The summed E-state index contributed by atoms with van der Waals surface area (Å²) < 4.78 is 10.1. The first-order chi connectivity index (χ1) is 8.15. The zero-order chi connectivity index (χ0) is 12.7. The van der Waals surface area contributed by atoms with Crippen molar-refractivity contribution < 1.29 is 14.3 Å². The van der Waals surface area contributed by atoms with Crippen molar-refractivity contribution in [1.29, 1.82) is 5.26 Å². The number of esters is 1. The molecule has 0 fully saturated rings. The van der Waals surface area contributed by atoms with Gasteiger partial charge in [-0.1, -0.05) is 12.1 Å². The van der Waals surface area contributed by atoms with Crippen LogP contribution in [0.4, 0.5) is 0 Å². The summed E-state index contributed by atoms with van der Waals surface area (Å²) >= 11 is 0. The fourth-order valence-electron chi connectivity index (χ4n) is 1.37. The maximum atomic E-state index is 11.0. The standard InChI is InChI=1S/C13H15NO3/c1-10(9-13(15)16-2)17-12-5-3-11(4-6-12)7-8-14/h3-6,10H,7,9H2,1-2H3. The van der Waals surface area contributed by atoms with Crippen LogP contribution in [0.2, 0.25) is 0 Å². The molecule has 0 aliphatic carbocycles. The summed E-state index contributed by atoms with van der Waals surface area (Å²) in [7, 11) is 1.35. The molecule has 0 bridgehead atoms. The van der Waals surface area contributed by atoms with Gasteiger partial charge in [0.15, 0.2) is 0 Å². The van der Waals surface area contributed by atoms with Gasteiger partial charge in [0.1, 0.15) is 11.9 Å². The van der Waals surface area contributed by atoms with Crippen molar-refractivity contribution in [2.45, 2.75) is 25.9 Å². The van der Waals surface area contributed by atoms with E-state index in [1.165, 1.54) is 7.11 Å². The Morgan fingerprint density at radius 1 is 1.41 bits per heavy atom. The molecule has 1 unspecified atom stereocenters. The van der Waals surface area contributed by atoms with Crippen molar-refractivity contribution in [3.63, 3.8) is 0 Å². The van der Waals surface area contributed by atoms with Crippen molar-refractivity contribution in [2.24, 2.45) is 0 Å². The number of carbonyl (C=O) groups is 1. The quantitative estimate of drug-likeness (QED) is 0.730. The van der Waals surface area contributed by atoms with Gasteiger partial charge in [0.05, 0.1) is 26.0 Å². The lowest BCUT2D eigenvalue weighted by Crippen LogP contribution is -2.17. The molecular weight excluding hydrogens is 218 g/mol. The van der Waals surface area contributed by atoms with Crippen LogP contribution in [0.5, 0.6) is 5.75 Å². The third-order valence-corrected chi connectivity index (χ3v) is 2.23. The second kappa shape index (κ2) is 6.54. The van der Waals surface area contributed by atoms with Crippen molar-refractivity contribution in [1.82, 2.24) is 0 Å². The zero-order valence-corrected chi connectivity index (χ0v) is 9.97. The van der Waals surface area contributed by atoms with Crippen LogP contribution in [0.25, 0.3) is 0 Å². The van der Waals surface area contributed by atoms with Crippen LogP contribution < -0.4 is 4.74 Å². The first-order valence-corrected chi connectivity index (χ1v) is 5.35. The summed E-state index contributed by atoms with van der Waals surface area (Å²) in [6.45, 7) is 1.81. The molecule has 0 heterocycles. The van der Waals surface area contributed by atoms with Crippen molar-refractivity contribution >= 4 is 5.97 Å². The van der Waals surface area contributed by atoms with Crippen LogP contribution in [0.3, 0.4) is 0 Å². The van der Waals surface area contributed by atoms with E-state index in [2.05, 4.69) is 10.8 Å². The van der Waals surface area contributed by atoms with Crippen LogP contribution >= 0.6 is 0 Å². The third-order valence-electron chi connectivity index (χ3n) is 2.23. The fourth-order valence-corrected chi connectivity index (χ4v) is 1.37. The molecule has 1 rings (SSSR count). The highest BCUT2D eigenvalue weighted by Crippen LogP contribution is 2.15. The Labute approximate surface area is 101 Å². The lowest BCUT2D eigenvalue weighted by molar-refractivity contribution is -0.142. The number of hydrogen-bond donors (Lipinski definition) is 0. The summed E-state index contributed by atoms with van der Waals surface area (Å²) in [6.07, 6.45) is 0.373. The molecule has 0 radical (unpaired) electrons. The van der Waals surface area contributed by atoms with E-state index in [4.69, 9.17) is 10.00 Å². The molecule has 0 N–H and O–H groups in total. The molecule has 17 heavy (non-hydrogen) atoms. The Kier molecular flexibility index (Phi) is 5.02. The number of methoxy groups -OCH3 is 1. The smallest absolute Gasteiger partial charge is 0.309 e. The van der Waals surface area contributed by atoms with E-state index in [0.29, 0.717) is 12.2 Å². The second-order valence-electron chi connectivity index (χ2n) is 3.69. The van der Waals surface area contributed by atoms with Crippen LogP contribution in [0.15, 0.2) is 24.3 Å². The molecule has 0 saturated heterocycles. The molecule has 4 heteroatoms. The summed E-state index contributed by atoms with van der Waals surface area (Å²) in [5, 5.41) is 8.53. The van der Waals surface area contributed by atoms with E-state index < -0.39 is 0 Å². The maximum Gasteiger partial charge on any atom is 0.309 e. The average molecular weight is 233 g/mol. The van der Waals surface area contributed by atoms with Gasteiger partial charge in [0.25, 0.3) is 0 Å². The van der Waals surface area contributed by atoms with Crippen LogP contribution in [0.1, 0.15) is 18.9 Å². The fraction of sp³-hybridized carbons (Fsp3) is 0.385. The van der Waals surface area contributed by atoms with Gasteiger partial charge >= 0.3 is 5.97 Å². The normalized spacial score (nSPS) is 11.4. The highest BCUT2D eigenvalue weighted by molar-refractivity contribution is 5.69. The number of carbonyl (C=O) groups excluding carboxylic acids is 1. The molecule has 1 aromatic carbocycles. The largest absolute Gasteiger partial charge is 0.490 e. The predicted octanol–water partition coefficient (Wildman–Crippen LogP) is 2.08. The number of nitrogens with zero attached hydrogens (tertiary/aromatic N) is 1. The summed E-state index contributed by atoms with van der Waals surface area (Å²) in [5.41, 5.74) is 0.945. The maximum absolute atomic E-state index is 11.0. The molecule has 1 atom stereocenters. The van der Waals surface area contributed by atoms with Gasteiger partial charge in [0.2, 0.25) is 0 Å². The van der Waals surface area contributed by atoms with Crippen LogP contribution in [-0.4, -0.2) is 19.2 Å². The minimum atomic E-state index is -0.293. The number of nitriles is 1. The minimum absolute atomic E-state index is 0.219. The number of hydrogen-bond acceptors (Lipinski definition) is 4. The number of rotatable bonds is 5. The second-order valence-corrected chi connectivity index (χ2v) is 3.69. The van der Waals surface area contributed by atoms with Gasteiger partial charge in [0, 0.05) is 0 Å². The molecular formula is C13H15NO3. The first kappa shape index (κ1) is 13.0. The molecule has 4 nitrogen and oxygen atoms in total. The van der Waals surface area contributed by atoms with E-state index >= 15 is 0 Å². The number of benzene rings is 1. The average Bonchev–Trinajstić information content (AvgIpc) is 2.31. The van der Waals surface area contributed by atoms with Crippen LogP contribution in [0, 0.1) is 11.3 Å². The molecule has 90 valence electrons. The Bertz CT molecular complexity index is 406. The minimum Gasteiger partial charge on any atom is -0.490 e. The van der Waals surface area contributed by atoms with Crippen molar-refractivity contribution in [3.05, 3.63) is 29.8 Å². The van der Waals surface area contributed by atoms with Gasteiger partial charge in [-0.2, -0.15) is 5.26 Å². The SMILES string of the molecule is COC(=O)CC(C)Oc1ccc(CC#N)cc1. The van der Waals surface area contributed by atoms with Gasteiger partial charge in [-0.3, -0.25) is 4.79 Å². The third kappa shape index (κ3) is 4.56. The number of ether oxygens (including phenoxy) is 2. The molecule has 0 amide bonds. The molecule has 0 aromatic heterocycles. The first-order valence-electron chi connectivity index (χ1n) is 5.35. The van der Waals surface area contributed by atoms with E-state index in [-0.39, 0.29) is 18.5 Å². The summed E-state index contributed by atoms with van der Waals surface area (Å²) in [6, 6.07) is 9.33. The molecule has 0 aliphatic heterocycles. The van der Waals surface area contributed by atoms with E-state index in [9.17, 15) is 4.79 Å². The Balaban J connectivity index is 2.51. The van der Waals surface area contributed by atoms with Gasteiger partial charge < -0.3 is 9.47 Å². The van der Waals surface area contributed by atoms with E-state index in [1.807, 2.05) is 12.1 Å².